The lowest BCUT2D eigenvalue weighted by atomic mass is 9.62. The summed E-state index contributed by atoms with van der Waals surface area (Å²) < 4.78 is 0.980. The molecule has 1 aromatic rings. The Bertz CT molecular complexity index is 466. The van der Waals surface area contributed by atoms with Gasteiger partial charge in [-0.05, 0) is 30.5 Å². The van der Waals surface area contributed by atoms with Gasteiger partial charge in [0.2, 0.25) is 5.91 Å². The first-order valence-corrected chi connectivity index (χ1v) is 5.84. The van der Waals surface area contributed by atoms with E-state index in [2.05, 4.69) is 21.2 Å². The van der Waals surface area contributed by atoms with Crippen molar-refractivity contribution in [3.63, 3.8) is 0 Å². The number of benzene rings is 1. The van der Waals surface area contributed by atoms with E-state index in [0.717, 1.165) is 40.7 Å². The molecule has 3 nitrogen and oxygen atoms in total. The second kappa shape index (κ2) is 2.76. The Kier molecular flexibility index (Phi) is 1.69. The molecule has 1 aliphatic carbocycles. The Balaban J connectivity index is 2.27. The van der Waals surface area contributed by atoms with E-state index in [1.807, 2.05) is 12.1 Å². The van der Waals surface area contributed by atoms with Gasteiger partial charge in [0, 0.05) is 4.47 Å². The van der Waals surface area contributed by atoms with Gasteiger partial charge in [0.05, 0.1) is 16.8 Å². The Morgan fingerprint density at radius 3 is 2.73 bits per heavy atom. The average Bonchev–Trinajstić information content (AvgIpc) is 2.07. The van der Waals surface area contributed by atoms with Crippen LogP contribution in [0.25, 0.3) is 0 Å². The van der Waals surface area contributed by atoms with Crippen molar-refractivity contribution in [1.29, 1.82) is 0 Å². The van der Waals surface area contributed by atoms with E-state index in [1.165, 1.54) is 0 Å². The minimum absolute atomic E-state index is 0.112. The molecule has 1 amide bonds. The van der Waals surface area contributed by atoms with Crippen LogP contribution in [0.2, 0.25) is 0 Å². The largest absolute Gasteiger partial charge is 0.397 e. The van der Waals surface area contributed by atoms with Crippen LogP contribution in [0.3, 0.4) is 0 Å². The summed E-state index contributed by atoms with van der Waals surface area (Å²) in [6, 6.07) is 3.83. The van der Waals surface area contributed by atoms with Crippen molar-refractivity contribution in [2.75, 3.05) is 11.1 Å². The van der Waals surface area contributed by atoms with Crippen LogP contribution in [0.5, 0.6) is 0 Å². The molecule has 1 heterocycles. The zero-order valence-corrected chi connectivity index (χ0v) is 9.73. The van der Waals surface area contributed by atoms with Crippen molar-refractivity contribution in [3.8, 4) is 0 Å². The number of fused-ring (bicyclic) bond motifs is 3. The Labute approximate surface area is 96.2 Å². The van der Waals surface area contributed by atoms with Gasteiger partial charge in [-0.2, -0.15) is 0 Å². The van der Waals surface area contributed by atoms with Gasteiger partial charge in [-0.15, -0.1) is 0 Å². The van der Waals surface area contributed by atoms with Crippen LogP contribution in [0, 0.1) is 0 Å². The highest BCUT2D eigenvalue weighted by atomic mass is 79.9. The highest BCUT2D eigenvalue weighted by molar-refractivity contribution is 9.10. The molecule has 78 valence electrons. The Morgan fingerprint density at radius 1 is 1.40 bits per heavy atom. The van der Waals surface area contributed by atoms with Crippen LogP contribution in [0.4, 0.5) is 11.4 Å². The van der Waals surface area contributed by atoms with Crippen LogP contribution in [-0.4, -0.2) is 5.91 Å². The molecule has 3 rings (SSSR count). The fourth-order valence-corrected chi connectivity index (χ4v) is 2.97. The molecule has 0 unspecified atom stereocenters. The van der Waals surface area contributed by atoms with Gasteiger partial charge in [-0.1, -0.05) is 22.4 Å². The molecule has 3 N–H and O–H groups in total. The minimum Gasteiger partial charge on any atom is -0.397 e. The fraction of sp³-hybridized carbons (Fsp3) is 0.364. The molecule has 0 atom stereocenters. The number of carbonyl (C=O) groups is 1. The molecular formula is C11H11BrN2O. The standard InChI is InChI=1S/C11H11BrN2O/c12-6-4-7-9(13)8(5-6)14-10(15)11(7)2-1-3-11/h4-5H,1-3,13H2,(H,14,15). The van der Waals surface area contributed by atoms with Crippen molar-refractivity contribution in [3.05, 3.63) is 22.2 Å². The topological polar surface area (TPSA) is 55.1 Å². The molecule has 1 aliphatic heterocycles. The van der Waals surface area contributed by atoms with Crippen LogP contribution in [0.1, 0.15) is 24.8 Å². The summed E-state index contributed by atoms with van der Waals surface area (Å²) in [5.41, 5.74) is 8.17. The summed E-state index contributed by atoms with van der Waals surface area (Å²) >= 11 is 3.44. The number of nitrogens with one attached hydrogen (secondary N) is 1. The van der Waals surface area contributed by atoms with E-state index in [0.29, 0.717) is 0 Å². The van der Waals surface area contributed by atoms with Crippen LogP contribution < -0.4 is 11.1 Å². The second-order valence-corrected chi connectivity index (χ2v) is 5.22. The first-order valence-electron chi connectivity index (χ1n) is 5.04. The van der Waals surface area contributed by atoms with Crippen molar-refractivity contribution >= 4 is 33.2 Å². The normalized spacial score (nSPS) is 21.0. The van der Waals surface area contributed by atoms with E-state index in [9.17, 15) is 4.79 Å². The Hall–Kier alpha value is -1.03. The zero-order chi connectivity index (χ0) is 10.6. The number of hydrogen-bond donors (Lipinski definition) is 2. The predicted octanol–water partition coefficient (Wildman–Crippen LogP) is 2.41. The molecule has 0 saturated heterocycles. The molecule has 15 heavy (non-hydrogen) atoms. The zero-order valence-electron chi connectivity index (χ0n) is 8.14. The van der Waals surface area contributed by atoms with Crippen molar-refractivity contribution in [2.45, 2.75) is 24.7 Å². The lowest BCUT2D eigenvalue weighted by Gasteiger charge is -2.44. The number of halogens is 1. The van der Waals surface area contributed by atoms with Gasteiger partial charge in [-0.25, -0.2) is 0 Å². The van der Waals surface area contributed by atoms with Gasteiger partial charge in [0.25, 0.3) is 0 Å². The number of hydrogen-bond acceptors (Lipinski definition) is 2. The van der Waals surface area contributed by atoms with Crippen LogP contribution in [-0.2, 0) is 10.2 Å². The molecule has 0 radical (unpaired) electrons. The summed E-state index contributed by atoms with van der Waals surface area (Å²) in [5.74, 6) is 0.112. The van der Waals surface area contributed by atoms with Gasteiger partial charge in [0.15, 0.2) is 0 Å². The lowest BCUT2D eigenvalue weighted by molar-refractivity contribution is -0.124. The molecule has 2 aliphatic rings. The minimum atomic E-state index is -0.332. The monoisotopic (exact) mass is 266 g/mol. The molecule has 1 spiro atoms. The molecule has 1 fully saturated rings. The van der Waals surface area contributed by atoms with Crippen LogP contribution in [0.15, 0.2) is 16.6 Å². The third-order valence-electron chi connectivity index (χ3n) is 3.55. The summed E-state index contributed by atoms with van der Waals surface area (Å²) in [4.78, 5) is 12.0. The smallest absolute Gasteiger partial charge is 0.235 e. The lowest BCUT2D eigenvalue weighted by Crippen LogP contribution is -2.48. The molecule has 4 heteroatoms. The molecule has 0 aromatic heterocycles. The van der Waals surface area contributed by atoms with Crippen molar-refractivity contribution in [2.24, 2.45) is 0 Å². The van der Waals surface area contributed by atoms with E-state index in [1.54, 1.807) is 0 Å². The van der Waals surface area contributed by atoms with Crippen molar-refractivity contribution in [1.82, 2.24) is 0 Å². The maximum absolute atomic E-state index is 12.0. The summed E-state index contributed by atoms with van der Waals surface area (Å²) in [7, 11) is 0. The summed E-state index contributed by atoms with van der Waals surface area (Å²) in [6.45, 7) is 0. The number of rotatable bonds is 0. The Morgan fingerprint density at radius 2 is 2.13 bits per heavy atom. The van der Waals surface area contributed by atoms with E-state index in [-0.39, 0.29) is 11.3 Å². The number of carbonyl (C=O) groups excluding carboxylic acids is 1. The highest BCUT2D eigenvalue weighted by Gasteiger charge is 2.49. The molecule has 1 saturated carbocycles. The summed E-state index contributed by atoms with van der Waals surface area (Å²) in [5, 5.41) is 2.89. The third kappa shape index (κ3) is 1.03. The SMILES string of the molecule is Nc1c2cc(Br)cc1C1(CCC1)C(=O)N2. The first kappa shape index (κ1) is 9.21. The summed E-state index contributed by atoms with van der Waals surface area (Å²) in [6.07, 6.45) is 2.94. The van der Waals surface area contributed by atoms with E-state index in [4.69, 9.17) is 5.73 Å². The van der Waals surface area contributed by atoms with Gasteiger partial charge >= 0.3 is 0 Å². The second-order valence-electron chi connectivity index (χ2n) is 4.30. The quantitative estimate of drug-likeness (QED) is 0.709. The maximum Gasteiger partial charge on any atom is 0.235 e. The van der Waals surface area contributed by atoms with E-state index >= 15 is 0 Å². The maximum atomic E-state index is 12.0. The predicted molar refractivity (Wildman–Crippen MR) is 62.7 cm³/mol. The number of nitrogens with two attached hydrogens (primary N) is 1. The fourth-order valence-electron chi connectivity index (χ4n) is 2.51. The first-order chi connectivity index (χ1) is 7.13. The number of anilines is 2. The van der Waals surface area contributed by atoms with Gasteiger partial charge < -0.3 is 11.1 Å². The number of amides is 1. The number of nitrogen functional groups attached to an aromatic ring is 1. The molecule has 2 bridgehead atoms. The third-order valence-corrected chi connectivity index (χ3v) is 4.01. The van der Waals surface area contributed by atoms with Gasteiger partial charge in [0.1, 0.15) is 0 Å². The van der Waals surface area contributed by atoms with Crippen LogP contribution >= 0.6 is 15.9 Å². The molecular weight excluding hydrogens is 256 g/mol. The van der Waals surface area contributed by atoms with Crippen molar-refractivity contribution < 1.29 is 4.79 Å². The van der Waals surface area contributed by atoms with E-state index < -0.39 is 0 Å². The van der Waals surface area contributed by atoms with Gasteiger partial charge in [-0.3, -0.25) is 4.79 Å². The average molecular weight is 267 g/mol. The highest BCUT2D eigenvalue weighted by Crippen LogP contribution is 2.51. The molecule has 1 aromatic carbocycles.